The molecule has 0 aliphatic carbocycles. The number of aryl methyl sites for hydroxylation is 1. The molecule has 0 atom stereocenters. The lowest BCUT2D eigenvalue weighted by Crippen LogP contribution is -2.07. The lowest BCUT2D eigenvalue weighted by Gasteiger charge is -2.09. The van der Waals surface area contributed by atoms with Crippen LogP contribution in [0.1, 0.15) is 15.9 Å². The summed E-state index contributed by atoms with van der Waals surface area (Å²) in [4.78, 5) is 11.2. The van der Waals surface area contributed by atoms with Gasteiger partial charge in [0.1, 0.15) is 12.4 Å². The molecular formula is C18H15BrClNO2. The van der Waals surface area contributed by atoms with Gasteiger partial charge in [-0.1, -0.05) is 27.5 Å². The maximum absolute atomic E-state index is 11.2. The Balaban J connectivity index is 1.76. The fourth-order valence-corrected chi connectivity index (χ4v) is 3.02. The van der Waals surface area contributed by atoms with Gasteiger partial charge in [-0.25, -0.2) is 0 Å². The highest BCUT2D eigenvalue weighted by molar-refractivity contribution is 9.10. The molecule has 0 fully saturated rings. The third kappa shape index (κ3) is 3.43. The quantitative estimate of drug-likeness (QED) is 0.555. The number of fused-ring (bicyclic) bond motifs is 1. The first kappa shape index (κ1) is 16.1. The van der Waals surface area contributed by atoms with Crippen molar-refractivity contribution in [1.82, 2.24) is 4.57 Å². The third-order valence-corrected chi connectivity index (χ3v) is 4.65. The van der Waals surface area contributed by atoms with E-state index in [1.54, 1.807) is 0 Å². The van der Waals surface area contributed by atoms with Crippen LogP contribution in [-0.4, -0.2) is 17.5 Å². The van der Waals surface area contributed by atoms with Gasteiger partial charge in [-0.3, -0.25) is 4.79 Å². The van der Waals surface area contributed by atoms with E-state index in [0.29, 0.717) is 18.7 Å². The van der Waals surface area contributed by atoms with Crippen molar-refractivity contribution >= 4 is 44.7 Å². The molecule has 0 N–H and O–H groups in total. The number of hydrogen-bond donors (Lipinski definition) is 0. The molecular weight excluding hydrogens is 378 g/mol. The number of ether oxygens (including phenoxy) is 1. The summed E-state index contributed by atoms with van der Waals surface area (Å²) < 4.78 is 8.78. The van der Waals surface area contributed by atoms with Crippen LogP contribution in [0, 0.1) is 6.92 Å². The summed E-state index contributed by atoms with van der Waals surface area (Å²) >= 11 is 9.45. The van der Waals surface area contributed by atoms with E-state index in [0.717, 1.165) is 38.0 Å². The summed E-state index contributed by atoms with van der Waals surface area (Å²) in [7, 11) is 0. The van der Waals surface area contributed by atoms with Gasteiger partial charge < -0.3 is 9.30 Å². The van der Waals surface area contributed by atoms with Crippen LogP contribution >= 0.6 is 27.5 Å². The molecule has 23 heavy (non-hydrogen) atoms. The monoisotopic (exact) mass is 391 g/mol. The summed E-state index contributed by atoms with van der Waals surface area (Å²) in [5, 5.41) is 1.67. The second kappa shape index (κ2) is 6.77. The molecule has 1 aromatic heterocycles. The van der Waals surface area contributed by atoms with Crippen LogP contribution in [0.3, 0.4) is 0 Å². The van der Waals surface area contributed by atoms with E-state index in [-0.39, 0.29) is 0 Å². The van der Waals surface area contributed by atoms with Crippen LogP contribution in [0.5, 0.6) is 5.75 Å². The third-order valence-electron chi connectivity index (χ3n) is 3.73. The Morgan fingerprint density at radius 2 is 2.09 bits per heavy atom. The maximum Gasteiger partial charge on any atom is 0.152 e. The smallest absolute Gasteiger partial charge is 0.152 e. The molecule has 0 bridgehead atoms. The molecule has 0 unspecified atom stereocenters. The Kier molecular flexibility index (Phi) is 4.74. The number of rotatable bonds is 5. The molecule has 3 nitrogen and oxygen atoms in total. The largest absolute Gasteiger partial charge is 0.492 e. The van der Waals surface area contributed by atoms with Gasteiger partial charge >= 0.3 is 0 Å². The highest BCUT2D eigenvalue weighted by Gasteiger charge is 2.08. The normalized spacial score (nSPS) is 10.9. The Morgan fingerprint density at radius 3 is 2.83 bits per heavy atom. The fourth-order valence-electron chi connectivity index (χ4n) is 2.54. The highest BCUT2D eigenvalue weighted by Crippen LogP contribution is 2.25. The van der Waals surface area contributed by atoms with E-state index in [1.807, 2.05) is 54.1 Å². The van der Waals surface area contributed by atoms with Crippen molar-refractivity contribution in [2.75, 3.05) is 6.61 Å². The second-order valence-electron chi connectivity index (χ2n) is 5.32. The zero-order valence-corrected chi connectivity index (χ0v) is 14.9. The SMILES string of the molecule is Cc1cc(OCCn2cc(C=O)c3cc(Br)ccc32)ccc1Cl. The summed E-state index contributed by atoms with van der Waals surface area (Å²) in [5.74, 6) is 0.793. The van der Waals surface area contributed by atoms with Crippen molar-refractivity contribution in [2.24, 2.45) is 0 Å². The average Bonchev–Trinajstić information content (AvgIpc) is 2.88. The summed E-state index contributed by atoms with van der Waals surface area (Å²) in [6, 6.07) is 11.5. The molecule has 1 heterocycles. The molecule has 0 aliphatic rings. The molecule has 0 radical (unpaired) electrons. The maximum atomic E-state index is 11.2. The van der Waals surface area contributed by atoms with Crippen LogP contribution in [0.15, 0.2) is 47.1 Å². The van der Waals surface area contributed by atoms with Gasteiger partial charge in [-0.15, -0.1) is 0 Å². The Labute approximate surface area is 147 Å². The first-order valence-corrected chi connectivity index (χ1v) is 8.38. The Morgan fingerprint density at radius 1 is 1.26 bits per heavy atom. The minimum atomic E-state index is 0.513. The molecule has 0 spiro atoms. The molecule has 2 aromatic carbocycles. The van der Waals surface area contributed by atoms with E-state index < -0.39 is 0 Å². The van der Waals surface area contributed by atoms with Crippen molar-refractivity contribution in [1.29, 1.82) is 0 Å². The lowest BCUT2D eigenvalue weighted by molar-refractivity contribution is 0.112. The predicted molar refractivity (Wildman–Crippen MR) is 96.7 cm³/mol. The van der Waals surface area contributed by atoms with E-state index in [4.69, 9.17) is 16.3 Å². The molecule has 0 saturated carbocycles. The van der Waals surface area contributed by atoms with Crippen LogP contribution in [0.4, 0.5) is 0 Å². The summed E-state index contributed by atoms with van der Waals surface area (Å²) in [5.41, 5.74) is 2.69. The van der Waals surface area contributed by atoms with E-state index in [1.165, 1.54) is 0 Å². The Hall–Kier alpha value is -1.78. The number of aldehydes is 1. The van der Waals surface area contributed by atoms with Crippen LogP contribution in [0.2, 0.25) is 5.02 Å². The number of benzene rings is 2. The van der Waals surface area contributed by atoms with Gasteiger partial charge in [0.05, 0.1) is 6.54 Å². The number of nitrogens with zero attached hydrogens (tertiary/aromatic N) is 1. The predicted octanol–water partition coefficient (Wildman–Crippen LogP) is 5.26. The van der Waals surface area contributed by atoms with Gasteiger partial charge in [0.15, 0.2) is 6.29 Å². The van der Waals surface area contributed by atoms with Gasteiger partial charge in [-0.2, -0.15) is 0 Å². The number of hydrogen-bond acceptors (Lipinski definition) is 2. The molecule has 118 valence electrons. The van der Waals surface area contributed by atoms with Crippen molar-refractivity contribution in [3.63, 3.8) is 0 Å². The van der Waals surface area contributed by atoms with E-state index >= 15 is 0 Å². The standard InChI is InChI=1S/C18H15BrClNO2/c1-12-8-15(3-4-17(12)20)23-7-6-21-10-13(11-22)16-9-14(19)2-5-18(16)21/h2-5,8-11H,6-7H2,1H3. The molecule has 3 rings (SSSR count). The summed E-state index contributed by atoms with van der Waals surface area (Å²) in [6.45, 7) is 3.12. The van der Waals surface area contributed by atoms with E-state index in [2.05, 4.69) is 15.9 Å². The molecule has 0 saturated heterocycles. The average molecular weight is 393 g/mol. The number of carbonyl (C=O) groups excluding carboxylic acids is 1. The number of carbonyl (C=O) groups is 1. The van der Waals surface area contributed by atoms with Crippen molar-refractivity contribution in [2.45, 2.75) is 13.5 Å². The molecule has 3 aromatic rings. The number of aromatic nitrogens is 1. The fraction of sp³-hybridized carbons (Fsp3) is 0.167. The van der Waals surface area contributed by atoms with E-state index in [9.17, 15) is 4.79 Å². The first-order chi connectivity index (χ1) is 11.1. The van der Waals surface area contributed by atoms with Gasteiger partial charge in [0.2, 0.25) is 0 Å². The van der Waals surface area contributed by atoms with Crippen LogP contribution in [0.25, 0.3) is 10.9 Å². The van der Waals surface area contributed by atoms with Crippen molar-refractivity contribution < 1.29 is 9.53 Å². The Bertz CT molecular complexity index is 873. The zero-order valence-electron chi connectivity index (χ0n) is 12.6. The van der Waals surface area contributed by atoms with Gasteiger partial charge in [0.25, 0.3) is 0 Å². The topological polar surface area (TPSA) is 31.2 Å². The highest BCUT2D eigenvalue weighted by atomic mass is 79.9. The molecule has 5 heteroatoms. The lowest BCUT2D eigenvalue weighted by atomic mass is 10.2. The molecule has 0 aliphatic heterocycles. The van der Waals surface area contributed by atoms with Crippen LogP contribution in [-0.2, 0) is 6.54 Å². The zero-order chi connectivity index (χ0) is 16.4. The van der Waals surface area contributed by atoms with Crippen molar-refractivity contribution in [3.05, 3.63) is 63.2 Å². The minimum absolute atomic E-state index is 0.513. The second-order valence-corrected chi connectivity index (χ2v) is 6.64. The van der Waals surface area contributed by atoms with Crippen LogP contribution < -0.4 is 4.74 Å². The number of halogens is 2. The van der Waals surface area contributed by atoms with Gasteiger partial charge in [0, 0.05) is 32.2 Å². The first-order valence-electron chi connectivity index (χ1n) is 7.21. The van der Waals surface area contributed by atoms with Gasteiger partial charge in [-0.05, 0) is 48.9 Å². The van der Waals surface area contributed by atoms with Crippen molar-refractivity contribution in [3.8, 4) is 5.75 Å². The molecule has 0 amide bonds. The minimum Gasteiger partial charge on any atom is -0.492 e. The summed E-state index contributed by atoms with van der Waals surface area (Å²) in [6.07, 6.45) is 2.75.